The van der Waals surface area contributed by atoms with E-state index in [9.17, 15) is 9.59 Å². The molecule has 0 saturated carbocycles. The van der Waals surface area contributed by atoms with Crippen molar-refractivity contribution in [3.8, 4) is 5.75 Å². The fourth-order valence-corrected chi connectivity index (χ4v) is 4.91. The van der Waals surface area contributed by atoms with Crippen LogP contribution in [0.4, 0.5) is 4.79 Å². The quantitative estimate of drug-likeness (QED) is 0.301. The minimum atomic E-state index is -0.268. The van der Waals surface area contributed by atoms with E-state index in [-0.39, 0.29) is 36.5 Å². The van der Waals surface area contributed by atoms with Gasteiger partial charge in [0.15, 0.2) is 5.65 Å². The molecule has 3 heterocycles. The van der Waals surface area contributed by atoms with Crippen molar-refractivity contribution < 1.29 is 9.53 Å². The molecule has 9 nitrogen and oxygen atoms in total. The van der Waals surface area contributed by atoms with Crippen LogP contribution in [0, 0.1) is 5.92 Å². The number of aromatic amines is 2. The number of hydrogen-bond donors (Lipinski definition) is 3. The van der Waals surface area contributed by atoms with Crippen LogP contribution in [0.15, 0.2) is 29.1 Å². The second-order valence-electron chi connectivity index (χ2n) is 9.48. The summed E-state index contributed by atoms with van der Waals surface area (Å²) in [6.07, 6.45) is 5.80. The van der Waals surface area contributed by atoms with Crippen LogP contribution < -0.4 is 15.7 Å². The summed E-state index contributed by atoms with van der Waals surface area (Å²) in [5.41, 5.74) is 1.74. The number of nitrogens with one attached hydrogen (secondary N) is 3. The number of aromatic nitrogens is 3. The van der Waals surface area contributed by atoms with Crippen molar-refractivity contribution in [2.24, 2.45) is 5.92 Å². The number of piperazine rings is 1. The minimum Gasteiger partial charge on any atom is -0.494 e. The van der Waals surface area contributed by atoms with E-state index < -0.39 is 0 Å². The molecule has 2 aromatic heterocycles. The number of hydrogen-bond acceptors (Lipinski definition) is 5. The summed E-state index contributed by atoms with van der Waals surface area (Å²) in [7, 11) is 0. The van der Waals surface area contributed by atoms with Crippen LogP contribution in [-0.2, 0) is 0 Å². The standard InChI is InChI=1S/C26H38N6O3.2ClH/c1-3-6-19(7-4-2)18-31-11-13-32(14-12-31)26(34)27-10-5-15-35-21-8-9-22-20(16-21)17-23-24(28-22)30-25(33)29-23;;/h8-9,16-17,19H,3-7,10-15,18H2,1-2H3,(H,27,34)(H2,28,29,30,33);2*1H. The highest BCUT2D eigenvalue weighted by Gasteiger charge is 2.22. The Balaban J connectivity index is 0.00000241. The first kappa shape index (κ1) is 30.7. The highest BCUT2D eigenvalue weighted by Crippen LogP contribution is 2.22. The van der Waals surface area contributed by atoms with Gasteiger partial charge in [0, 0.05) is 44.7 Å². The molecule has 1 saturated heterocycles. The Morgan fingerprint density at radius 3 is 2.51 bits per heavy atom. The molecule has 0 bridgehead atoms. The second-order valence-corrected chi connectivity index (χ2v) is 9.48. The van der Waals surface area contributed by atoms with Gasteiger partial charge in [0.1, 0.15) is 5.75 Å². The molecule has 37 heavy (non-hydrogen) atoms. The zero-order valence-corrected chi connectivity index (χ0v) is 23.4. The number of fused-ring (bicyclic) bond motifs is 2. The molecule has 4 rings (SSSR count). The van der Waals surface area contributed by atoms with Crippen molar-refractivity contribution >= 4 is 52.9 Å². The number of rotatable bonds is 11. The lowest BCUT2D eigenvalue weighted by Gasteiger charge is -2.36. The Bertz CT molecular complexity index is 1170. The van der Waals surface area contributed by atoms with Crippen LogP contribution in [0.3, 0.4) is 0 Å². The number of carbonyl (C=O) groups excluding carboxylic acids is 1. The fraction of sp³-hybridized carbons (Fsp3) is 0.577. The Morgan fingerprint density at radius 2 is 1.81 bits per heavy atom. The number of urea groups is 1. The fourth-order valence-electron chi connectivity index (χ4n) is 4.91. The zero-order valence-electron chi connectivity index (χ0n) is 21.8. The van der Waals surface area contributed by atoms with Crippen LogP contribution in [0.2, 0.25) is 0 Å². The van der Waals surface area contributed by atoms with Gasteiger partial charge in [-0.25, -0.2) is 14.6 Å². The van der Waals surface area contributed by atoms with E-state index in [1.54, 1.807) is 0 Å². The first-order valence-electron chi connectivity index (χ1n) is 13.0. The number of H-pyrrole nitrogens is 2. The van der Waals surface area contributed by atoms with E-state index in [0.29, 0.717) is 24.3 Å². The molecule has 2 amide bonds. The van der Waals surface area contributed by atoms with Crippen LogP contribution in [0.5, 0.6) is 5.75 Å². The molecular formula is C26H40Cl2N6O3. The molecule has 1 aliphatic rings. The van der Waals surface area contributed by atoms with Crippen molar-refractivity contribution in [3.63, 3.8) is 0 Å². The van der Waals surface area contributed by atoms with Gasteiger partial charge in [0.05, 0.1) is 17.6 Å². The van der Waals surface area contributed by atoms with E-state index in [4.69, 9.17) is 4.74 Å². The zero-order chi connectivity index (χ0) is 24.6. The third-order valence-electron chi connectivity index (χ3n) is 6.70. The second kappa shape index (κ2) is 15.1. The number of carbonyl (C=O) groups is 1. The lowest BCUT2D eigenvalue weighted by atomic mass is 9.97. The Labute approximate surface area is 230 Å². The molecule has 0 atom stereocenters. The highest BCUT2D eigenvalue weighted by molar-refractivity contribution is 5.90. The molecule has 0 aliphatic carbocycles. The lowest BCUT2D eigenvalue weighted by Crippen LogP contribution is -2.52. The highest BCUT2D eigenvalue weighted by atomic mass is 35.5. The van der Waals surface area contributed by atoms with Crippen molar-refractivity contribution in [2.45, 2.75) is 46.0 Å². The van der Waals surface area contributed by atoms with Crippen molar-refractivity contribution in [1.29, 1.82) is 0 Å². The molecule has 0 radical (unpaired) electrons. The molecule has 1 aromatic carbocycles. The number of pyridine rings is 1. The maximum atomic E-state index is 12.5. The number of ether oxygens (including phenoxy) is 1. The summed E-state index contributed by atoms with van der Waals surface area (Å²) in [6.45, 7) is 10.3. The van der Waals surface area contributed by atoms with E-state index in [0.717, 1.165) is 61.7 Å². The molecule has 0 spiro atoms. The molecular weight excluding hydrogens is 515 g/mol. The normalized spacial score (nSPS) is 14.0. The number of halogens is 2. The molecule has 3 N–H and O–H groups in total. The van der Waals surface area contributed by atoms with Gasteiger partial charge in [0.25, 0.3) is 0 Å². The van der Waals surface area contributed by atoms with Gasteiger partial charge >= 0.3 is 11.7 Å². The summed E-state index contributed by atoms with van der Waals surface area (Å²) in [6, 6.07) is 7.57. The summed E-state index contributed by atoms with van der Waals surface area (Å²) >= 11 is 0. The number of imidazole rings is 1. The van der Waals surface area contributed by atoms with Gasteiger partial charge in [-0.05, 0) is 49.4 Å². The van der Waals surface area contributed by atoms with E-state index >= 15 is 0 Å². The third-order valence-corrected chi connectivity index (χ3v) is 6.70. The van der Waals surface area contributed by atoms with Gasteiger partial charge in [-0.1, -0.05) is 26.7 Å². The topological polar surface area (TPSA) is 106 Å². The van der Waals surface area contributed by atoms with Gasteiger partial charge < -0.3 is 19.9 Å². The molecule has 1 aliphatic heterocycles. The van der Waals surface area contributed by atoms with Crippen molar-refractivity contribution in [3.05, 3.63) is 34.7 Å². The SMILES string of the molecule is CCCC(CCC)CN1CCN(C(=O)NCCCOc2ccc3nc4[nH]c(=O)[nH]c4cc3c2)CC1.Cl.Cl. The maximum absolute atomic E-state index is 12.5. The molecule has 3 aromatic rings. The molecule has 206 valence electrons. The largest absolute Gasteiger partial charge is 0.494 e. The van der Waals surface area contributed by atoms with Crippen LogP contribution in [0.1, 0.15) is 46.0 Å². The van der Waals surface area contributed by atoms with E-state index in [1.165, 1.54) is 25.7 Å². The summed E-state index contributed by atoms with van der Waals surface area (Å²) in [5, 5.41) is 3.92. The van der Waals surface area contributed by atoms with Crippen LogP contribution in [-0.4, -0.2) is 76.7 Å². The van der Waals surface area contributed by atoms with Crippen molar-refractivity contribution in [1.82, 2.24) is 30.1 Å². The van der Waals surface area contributed by atoms with E-state index in [2.05, 4.69) is 39.0 Å². The van der Waals surface area contributed by atoms with Crippen LogP contribution >= 0.6 is 24.8 Å². The first-order chi connectivity index (χ1) is 17.1. The summed E-state index contributed by atoms with van der Waals surface area (Å²) in [5.74, 6) is 1.52. The van der Waals surface area contributed by atoms with Gasteiger partial charge in [0.2, 0.25) is 0 Å². The monoisotopic (exact) mass is 554 g/mol. The summed E-state index contributed by atoms with van der Waals surface area (Å²) < 4.78 is 5.87. The Morgan fingerprint density at radius 1 is 1.08 bits per heavy atom. The first-order valence-corrected chi connectivity index (χ1v) is 13.0. The van der Waals surface area contributed by atoms with Crippen molar-refractivity contribution in [2.75, 3.05) is 45.9 Å². The van der Waals surface area contributed by atoms with Gasteiger partial charge in [-0.2, -0.15) is 0 Å². The minimum absolute atomic E-state index is 0. The van der Waals surface area contributed by atoms with E-state index in [1.807, 2.05) is 29.2 Å². The number of nitrogens with zero attached hydrogens (tertiary/aromatic N) is 3. The molecule has 11 heteroatoms. The number of benzene rings is 1. The Hall–Kier alpha value is -2.49. The average molecular weight is 556 g/mol. The van der Waals surface area contributed by atoms with Crippen LogP contribution in [0.25, 0.3) is 22.1 Å². The third kappa shape index (κ3) is 8.51. The van der Waals surface area contributed by atoms with Gasteiger partial charge in [-0.15, -0.1) is 24.8 Å². The molecule has 0 unspecified atom stereocenters. The smallest absolute Gasteiger partial charge is 0.325 e. The maximum Gasteiger partial charge on any atom is 0.325 e. The Kier molecular flexibility index (Phi) is 12.5. The average Bonchev–Trinajstić information content (AvgIpc) is 3.21. The predicted molar refractivity (Wildman–Crippen MR) is 154 cm³/mol. The summed E-state index contributed by atoms with van der Waals surface area (Å²) in [4.78, 5) is 38.3. The van der Waals surface area contributed by atoms with Gasteiger partial charge in [-0.3, -0.25) is 9.88 Å². The lowest BCUT2D eigenvalue weighted by molar-refractivity contribution is 0.123. The molecule has 1 fully saturated rings. The number of amides is 2. The predicted octanol–water partition coefficient (Wildman–Crippen LogP) is 4.56.